The van der Waals surface area contributed by atoms with Gasteiger partial charge in [-0.3, -0.25) is 9.59 Å². The highest BCUT2D eigenvalue weighted by Crippen LogP contribution is 2.30. The Morgan fingerprint density at radius 1 is 1.24 bits per heavy atom. The zero-order valence-corrected chi connectivity index (χ0v) is 16.9. The standard InChI is InChI=1S/C23H25FN2O3/c1-5-22(28)25(4)17-7-6-15-8-9-26(13-16(15)10-17)23(29)19-11-18(14(2)3)20(24)12-21(19)27/h5-7,10-12,14,27H,1,8-9,13H2,2-4H3. The van der Waals surface area contributed by atoms with Gasteiger partial charge in [0.2, 0.25) is 5.91 Å². The number of rotatable bonds is 4. The Balaban J connectivity index is 1.89. The third-order valence-corrected chi connectivity index (χ3v) is 5.35. The number of aromatic hydroxyl groups is 1. The van der Waals surface area contributed by atoms with Gasteiger partial charge < -0.3 is 14.9 Å². The summed E-state index contributed by atoms with van der Waals surface area (Å²) in [4.78, 5) is 28.1. The molecule has 2 aromatic carbocycles. The third-order valence-electron chi connectivity index (χ3n) is 5.35. The first-order valence-electron chi connectivity index (χ1n) is 9.56. The summed E-state index contributed by atoms with van der Waals surface area (Å²) in [7, 11) is 1.67. The van der Waals surface area contributed by atoms with Crippen LogP contribution < -0.4 is 4.90 Å². The van der Waals surface area contributed by atoms with Gasteiger partial charge in [0.05, 0.1) is 5.56 Å². The summed E-state index contributed by atoms with van der Waals surface area (Å²) in [5, 5.41) is 10.2. The summed E-state index contributed by atoms with van der Waals surface area (Å²) in [6, 6.07) is 8.18. The van der Waals surface area contributed by atoms with E-state index < -0.39 is 5.82 Å². The minimum Gasteiger partial charge on any atom is -0.507 e. The number of anilines is 1. The van der Waals surface area contributed by atoms with Gasteiger partial charge in [0.1, 0.15) is 11.6 Å². The second-order valence-electron chi connectivity index (χ2n) is 7.58. The fraction of sp³-hybridized carbons (Fsp3) is 0.304. The maximum absolute atomic E-state index is 14.1. The smallest absolute Gasteiger partial charge is 0.257 e. The minimum absolute atomic E-state index is 0.105. The maximum atomic E-state index is 14.1. The van der Waals surface area contributed by atoms with Crippen molar-refractivity contribution in [2.75, 3.05) is 18.5 Å². The Labute approximate surface area is 170 Å². The molecule has 0 radical (unpaired) electrons. The van der Waals surface area contributed by atoms with Crippen LogP contribution in [0.4, 0.5) is 10.1 Å². The fourth-order valence-electron chi connectivity index (χ4n) is 3.55. The molecule has 1 heterocycles. The van der Waals surface area contributed by atoms with E-state index in [-0.39, 0.29) is 29.0 Å². The van der Waals surface area contributed by atoms with Crippen LogP contribution in [0.3, 0.4) is 0 Å². The monoisotopic (exact) mass is 396 g/mol. The molecule has 0 spiro atoms. The number of nitrogens with zero attached hydrogens (tertiary/aromatic N) is 2. The van der Waals surface area contributed by atoms with Gasteiger partial charge in [0.25, 0.3) is 5.91 Å². The van der Waals surface area contributed by atoms with Crippen LogP contribution >= 0.6 is 0 Å². The first-order valence-corrected chi connectivity index (χ1v) is 9.56. The lowest BCUT2D eigenvalue weighted by Gasteiger charge is -2.30. The topological polar surface area (TPSA) is 60.9 Å². The van der Waals surface area contributed by atoms with E-state index in [0.717, 1.165) is 22.9 Å². The average molecular weight is 396 g/mol. The number of carbonyl (C=O) groups is 2. The lowest BCUT2D eigenvalue weighted by Crippen LogP contribution is -2.36. The number of likely N-dealkylation sites (N-methyl/N-ethyl adjacent to an activating group) is 1. The molecule has 5 nitrogen and oxygen atoms in total. The molecule has 3 rings (SSSR count). The molecule has 0 saturated heterocycles. The number of hydrogen-bond donors (Lipinski definition) is 1. The van der Waals surface area contributed by atoms with Crippen LogP contribution in [-0.2, 0) is 17.8 Å². The maximum Gasteiger partial charge on any atom is 0.257 e. The van der Waals surface area contributed by atoms with E-state index in [1.54, 1.807) is 11.9 Å². The molecule has 2 amide bonds. The van der Waals surface area contributed by atoms with Crippen molar-refractivity contribution >= 4 is 17.5 Å². The molecule has 0 atom stereocenters. The van der Waals surface area contributed by atoms with E-state index in [9.17, 15) is 19.1 Å². The Morgan fingerprint density at radius 3 is 2.62 bits per heavy atom. The Kier molecular flexibility index (Phi) is 5.73. The lowest BCUT2D eigenvalue weighted by atomic mass is 9.96. The van der Waals surface area contributed by atoms with Crippen LogP contribution in [0.5, 0.6) is 5.75 Å². The quantitative estimate of drug-likeness (QED) is 0.795. The van der Waals surface area contributed by atoms with Crippen LogP contribution in [0.25, 0.3) is 0 Å². The molecule has 1 aliphatic heterocycles. The van der Waals surface area contributed by atoms with E-state index in [1.165, 1.54) is 17.0 Å². The van der Waals surface area contributed by atoms with E-state index in [1.807, 2.05) is 32.0 Å². The molecule has 6 heteroatoms. The van der Waals surface area contributed by atoms with Gasteiger partial charge in [-0.15, -0.1) is 0 Å². The van der Waals surface area contributed by atoms with Gasteiger partial charge in [-0.2, -0.15) is 0 Å². The molecule has 0 fully saturated rings. The number of benzene rings is 2. The van der Waals surface area contributed by atoms with Crippen molar-refractivity contribution in [1.82, 2.24) is 4.90 Å². The summed E-state index contributed by atoms with van der Waals surface area (Å²) in [5.74, 6) is -1.53. The highest BCUT2D eigenvalue weighted by atomic mass is 19.1. The number of hydrogen-bond acceptors (Lipinski definition) is 3. The van der Waals surface area contributed by atoms with E-state index in [0.29, 0.717) is 25.1 Å². The zero-order chi connectivity index (χ0) is 21.3. The summed E-state index contributed by atoms with van der Waals surface area (Å²) in [6.45, 7) is 8.03. The van der Waals surface area contributed by atoms with Crippen LogP contribution in [0.15, 0.2) is 43.0 Å². The van der Waals surface area contributed by atoms with Crippen LogP contribution in [0.2, 0.25) is 0 Å². The first-order chi connectivity index (χ1) is 13.7. The number of fused-ring (bicyclic) bond motifs is 1. The second kappa shape index (κ2) is 8.07. The van der Waals surface area contributed by atoms with Gasteiger partial charge in [-0.1, -0.05) is 26.5 Å². The largest absolute Gasteiger partial charge is 0.507 e. The zero-order valence-electron chi connectivity index (χ0n) is 16.9. The van der Waals surface area contributed by atoms with Crippen molar-refractivity contribution in [1.29, 1.82) is 0 Å². The van der Waals surface area contributed by atoms with Gasteiger partial charge in [0, 0.05) is 31.9 Å². The van der Waals surface area contributed by atoms with E-state index in [4.69, 9.17) is 0 Å². The molecule has 0 bridgehead atoms. The highest BCUT2D eigenvalue weighted by Gasteiger charge is 2.26. The molecule has 1 aliphatic rings. The Morgan fingerprint density at radius 2 is 1.97 bits per heavy atom. The number of phenols is 1. The third kappa shape index (κ3) is 4.01. The highest BCUT2D eigenvalue weighted by molar-refractivity contribution is 6.00. The Hall–Kier alpha value is -3.15. The van der Waals surface area contributed by atoms with Gasteiger partial charge >= 0.3 is 0 Å². The lowest BCUT2D eigenvalue weighted by molar-refractivity contribution is -0.113. The summed E-state index contributed by atoms with van der Waals surface area (Å²) < 4.78 is 14.1. The van der Waals surface area contributed by atoms with Crippen LogP contribution in [0.1, 0.15) is 46.8 Å². The molecule has 152 valence electrons. The summed E-state index contributed by atoms with van der Waals surface area (Å²) in [6.07, 6.45) is 1.92. The molecular weight excluding hydrogens is 371 g/mol. The molecule has 29 heavy (non-hydrogen) atoms. The number of carbonyl (C=O) groups excluding carboxylic acids is 2. The second-order valence-corrected chi connectivity index (χ2v) is 7.58. The van der Waals surface area contributed by atoms with Crippen molar-refractivity contribution in [2.45, 2.75) is 32.7 Å². The number of phenolic OH excluding ortho intramolecular Hbond substituents is 1. The van der Waals surface area contributed by atoms with Crippen molar-refractivity contribution in [3.63, 3.8) is 0 Å². The van der Waals surface area contributed by atoms with Crippen molar-refractivity contribution < 1.29 is 19.1 Å². The van der Waals surface area contributed by atoms with Crippen LogP contribution in [0, 0.1) is 5.82 Å². The summed E-state index contributed by atoms with van der Waals surface area (Å²) >= 11 is 0. The molecule has 2 aromatic rings. The molecule has 0 unspecified atom stereocenters. The Bertz CT molecular complexity index is 984. The van der Waals surface area contributed by atoms with Crippen molar-refractivity contribution in [3.8, 4) is 5.75 Å². The SMILES string of the molecule is C=CC(=O)N(C)c1ccc2c(c1)CN(C(=O)c1cc(C(C)C)c(F)cc1O)CC2. The molecule has 1 N–H and O–H groups in total. The molecule has 0 aromatic heterocycles. The number of halogens is 1. The molecule has 0 saturated carbocycles. The fourth-order valence-corrected chi connectivity index (χ4v) is 3.55. The normalized spacial score (nSPS) is 13.2. The molecule has 0 aliphatic carbocycles. The predicted molar refractivity (Wildman–Crippen MR) is 111 cm³/mol. The minimum atomic E-state index is -0.516. The van der Waals surface area contributed by atoms with E-state index >= 15 is 0 Å². The van der Waals surface area contributed by atoms with Gasteiger partial charge in [-0.25, -0.2) is 4.39 Å². The van der Waals surface area contributed by atoms with Crippen molar-refractivity contribution in [3.05, 3.63) is 71.1 Å². The van der Waals surface area contributed by atoms with Gasteiger partial charge in [-0.05, 0) is 53.3 Å². The molecular formula is C23H25FN2O3. The average Bonchev–Trinajstić information content (AvgIpc) is 2.71. The predicted octanol–water partition coefficient (Wildman–Crippen LogP) is 4.00. The van der Waals surface area contributed by atoms with E-state index in [2.05, 4.69) is 6.58 Å². The summed E-state index contributed by atoms with van der Waals surface area (Å²) in [5.41, 5.74) is 3.28. The van der Waals surface area contributed by atoms with Gasteiger partial charge in [0.15, 0.2) is 0 Å². The van der Waals surface area contributed by atoms with Crippen molar-refractivity contribution in [2.24, 2.45) is 0 Å². The number of amides is 2. The van der Waals surface area contributed by atoms with Crippen LogP contribution in [-0.4, -0.2) is 35.4 Å². The first kappa shape index (κ1) is 20.6.